The summed E-state index contributed by atoms with van der Waals surface area (Å²) in [5.74, 6) is 0.130. The average Bonchev–Trinajstić information content (AvgIpc) is 3.54. The standard InChI is InChI=1S/C20H29N3O5S/c1-3-28-20(25)17-6-8-18(9-7-17)29(26,27)23-12-10-22(11-13-23)14-19(24)21-15(2)16-4-5-16/h6-9,15-16H,3-5,10-14H2,1-2H3,(H,21,24)/t15-/m1/s1. The molecule has 0 spiro atoms. The highest BCUT2D eigenvalue weighted by molar-refractivity contribution is 7.89. The van der Waals surface area contributed by atoms with Gasteiger partial charge in [0.25, 0.3) is 0 Å². The fourth-order valence-corrected chi connectivity index (χ4v) is 4.89. The second-order valence-electron chi connectivity index (χ2n) is 7.62. The zero-order chi connectivity index (χ0) is 21.0. The molecular formula is C20H29N3O5S. The zero-order valence-corrected chi connectivity index (χ0v) is 17.8. The Morgan fingerprint density at radius 2 is 1.76 bits per heavy atom. The minimum atomic E-state index is -3.64. The van der Waals surface area contributed by atoms with Gasteiger partial charge in [0, 0.05) is 32.2 Å². The van der Waals surface area contributed by atoms with Gasteiger partial charge in [-0.1, -0.05) is 0 Å². The minimum Gasteiger partial charge on any atom is -0.462 e. The van der Waals surface area contributed by atoms with E-state index >= 15 is 0 Å². The Bertz CT molecular complexity index is 828. The quantitative estimate of drug-likeness (QED) is 0.629. The Hall–Kier alpha value is -1.97. The number of amides is 1. The van der Waals surface area contributed by atoms with Gasteiger partial charge in [0.1, 0.15) is 0 Å². The molecule has 1 aliphatic heterocycles. The third-order valence-corrected chi connectivity index (χ3v) is 7.33. The van der Waals surface area contributed by atoms with Gasteiger partial charge in [0.2, 0.25) is 15.9 Å². The molecule has 1 saturated carbocycles. The maximum absolute atomic E-state index is 12.9. The number of ether oxygens (including phenoxy) is 1. The summed E-state index contributed by atoms with van der Waals surface area (Å²) in [5, 5.41) is 3.03. The highest BCUT2D eigenvalue weighted by atomic mass is 32.2. The van der Waals surface area contributed by atoms with Crippen molar-refractivity contribution in [1.29, 1.82) is 0 Å². The van der Waals surface area contributed by atoms with E-state index in [1.165, 1.54) is 41.4 Å². The van der Waals surface area contributed by atoms with Crippen LogP contribution in [0.2, 0.25) is 0 Å². The van der Waals surface area contributed by atoms with E-state index < -0.39 is 16.0 Å². The summed E-state index contributed by atoms with van der Waals surface area (Å²) in [7, 11) is -3.64. The molecule has 1 atom stereocenters. The van der Waals surface area contributed by atoms with Gasteiger partial charge in [0.15, 0.2) is 0 Å². The highest BCUT2D eigenvalue weighted by Crippen LogP contribution is 2.32. The fraction of sp³-hybridized carbons (Fsp3) is 0.600. The van der Waals surface area contributed by atoms with Gasteiger partial charge in [-0.3, -0.25) is 9.69 Å². The molecule has 0 bridgehead atoms. The lowest BCUT2D eigenvalue weighted by molar-refractivity contribution is -0.123. The van der Waals surface area contributed by atoms with Crippen molar-refractivity contribution in [1.82, 2.24) is 14.5 Å². The third-order valence-electron chi connectivity index (χ3n) is 5.42. The summed E-state index contributed by atoms with van der Waals surface area (Å²) in [6.07, 6.45) is 2.36. The number of hydrogen-bond donors (Lipinski definition) is 1. The van der Waals surface area contributed by atoms with Crippen LogP contribution in [0.5, 0.6) is 0 Å². The predicted molar refractivity (Wildman–Crippen MR) is 108 cm³/mol. The number of piperazine rings is 1. The number of carbonyl (C=O) groups is 2. The lowest BCUT2D eigenvalue weighted by atomic mass is 10.2. The van der Waals surface area contributed by atoms with Crippen molar-refractivity contribution in [3.63, 3.8) is 0 Å². The molecule has 0 radical (unpaired) electrons. The molecule has 9 heteroatoms. The van der Waals surface area contributed by atoms with Crippen LogP contribution in [0.4, 0.5) is 0 Å². The maximum atomic E-state index is 12.9. The number of nitrogens with one attached hydrogen (secondary N) is 1. The molecule has 1 N–H and O–H groups in total. The van der Waals surface area contributed by atoms with Gasteiger partial charge in [-0.15, -0.1) is 0 Å². The molecule has 1 heterocycles. The molecule has 1 saturated heterocycles. The van der Waals surface area contributed by atoms with Crippen LogP contribution < -0.4 is 5.32 Å². The summed E-state index contributed by atoms with van der Waals surface area (Å²) in [5.41, 5.74) is 0.321. The minimum absolute atomic E-state index is 0.00439. The molecule has 8 nitrogen and oxygen atoms in total. The van der Waals surface area contributed by atoms with Crippen LogP contribution in [-0.2, 0) is 19.6 Å². The molecule has 3 rings (SSSR count). The van der Waals surface area contributed by atoms with Crippen LogP contribution in [0.25, 0.3) is 0 Å². The maximum Gasteiger partial charge on any atom is 0.338 e. The number of nitrogens with zero attached hydrogens (tertiary/aromatic N) is 2. The Labute approximate surface area is 172 Å². The summed E-state index contributed by atoms with van der Waals surface area (Å²) >= 11 is 0. The van der Waals surface area contributed by atoms with E-state index in [2.05, 4.69) is 5.32 Å². The fourth-order valence-electron chi connectivity index (χ4n) is 3.47. The number of rotatable bonds is 8. The Balaban J connectivity index is 1.52. The third kappa shape index (κ3) is 5.55. The molecule has 0 unspecified atom stereocenters. The second kappa shape index (κ2) is 9.23. The highest BCUT2D eigenvalue weighted by Gasteiger charge is 2.31. The molecular weight excluding hydrogens is 394 g/mol. The lowest BCUT2D eigenvalue weighted by Gasteiger charge is -2.33. The van der Waals surface area contributed by atoms with Gasteiger partial charge >= 0.3 is 5.97 Å². The van der Waals surface area contributed by atoms with Crippen LogP contribution in [0.15, 0.2) is 29.2 Å². The molecule has 29 heavy (non-hydrogen) atoms. The summed E-state index contributed by atoms with van der Waals surface area (Å²) in [4.78, 5) is 26.0. The first-order valence-corrected chi connectivity index (χ1v) is 11.5. The van der Waals surface area contributed by atoms with E-state index in [0.717, 1.165) is 0 Å². The van der Waals surface area contributed by atoms with Crippen molar-refractivity contribution in [2.24, 2.45) is 5.92 Å². The van der Waals surface area contributed by atoms with Gasteiger partial charge < -0.3 is 10.1 Å². The van der Waals surface area contributed by atoms with Crippen LogP contribution in [0, 0.1) is 5.92 Å². The van der Waals surface area contributed by atoms with Crippen molar-refractivity contribution in [2.45, 2.75) is 37.6 Å². The van der Waals surface area contributed by atoms with Crippen LogP contribution in [0.1, 0.15) is 37.0 Å². The van der Waals surface area contributed by atoms with Crippen LogP contribution >= 0.6 is 0 Å². The van der Waals surface area contributed by atoms with E-state index in [1.54, 1.807) is 6.92 Å². The SMILES string of the molecule is CCOC(=O)c1ccc(S(=O)(=O)N2CCN(CC(=O)N[C@H](C)C3CC3)CC2)cc1. The molecule has 1 aliphatic carbocycles. The van der Waals surface area contributed by atoms with E-state index in [4.69, 9.17) is 4.74 Å². The van der Waals surface area contributed by atoms with Crippen molar-refractivity contribution >= 4 is 21.9 Å². The molecule has 2 aliphatic rings. The van der Waals surface area contributed by atoms with Crippen molar-refractivity contribution in [2.75, 3.05) is 39.3 Å². The summed E-state index contributed by atoms with van der Waals surface area (Å²) in [6.45, 7) is 5.97. The monoisotopic (exact) mass is 423 g/mol. The van der Waals surface area contributed by atoms with Gasteiger partial charge in [-0.2, -0.15) is 4.31 Å². The number of hydrogen-bond acceptors (Lipinski definition) is 6. The van der Waals surface area contributed by atoms with Crippen LogP contribution in [-0.4, -0.2) is 74.9 Å². The largest absolute Gasteiger partial charge is 0.462 e. The lowest BCUT2D eigenvalue weighted by Crippen LogP contribution is -2.51. The number of sulfonamides is 1. The normalized spacial score (nSPS) is 19.5. The molecule has 2 fully saturated rings. The molecule has 1 aromatic rings. The number of carbonyl (C=O) groups excluding carboxylic acids is 2. The average molecular weight is 424 g/mol. The van der Waals surface area contributed by atoms with E-state index in [1.807, 2.05) is 11.8 Å². The van der Waals surface area contributed by atoms with Crippen molar-refractivity contribution < 1.29 is 22.7 Å². The Morgan fingerprint density at radius 3 is 2.31 bits per heavy atom. The van der Waals surface area contributed by atoms with E-state index in [9.17, 15) is 18.0 Å². The van der Waals surface area contributed by atoms with E-state index in [-0.39, 0.29) is 23.5 Å². The first-order chi connectivity index (χ1) is 13.8. The van der Waals surface area contributed by atoms with Gasteiger partial charge in [0.05, 0.1) is 23.6 Å². The van der Waals surface area contributed by atoms with E-state index in [0.29, 0.717) is 44.2 Å². The molecule has 1 aromatic carbocycles. The molecule has 0 aromatic heterocycles. The Morgan fingerprint density at radius 1 is 1.14 bits per heavy atom. The first-order valence-electron chi connectivity index (χ1n) is 10.1. The zero-order valence-electron chi connectivity index (χ0n) is 17.0. The van der Waals surface area contributed by atoms with Crippen LogP contribution in [0.3, 0.4) is 0 Å². The smallest absolute Gasteiger partial charge is 0.338 e. The van der Waals surface area contributed by atoms with Crippen molar-refractivity contribution in [3.8, 4) is 0 Å². The second-order valence-corrected chi connectivity index (χ2v) is 9.56. The first kappa shape index (κ1) is 21.7. The topological polar surface area (TPSA) is 96.0 Å². The molecule has 160 valence electrons. The number of esters is 1. The predicted octanol–water partition coefficient (Wildman–Crippen LogP) is 1.08. The number of benzene rings is 1. The summed E-state index contributed by atoms with van der Waals surface area (Å²) in [6, 6.07) is 6.00. The summed E-state index contributed by atoms with van der Waals surface area (Å²) < 4.78 is 32.1. The molecule has 1 amide bonds. The van der Waals surface area contributed by atoms with Gasteiger partial charge in [-0.25, -0.2) is 13.2 Å². The Kier molecular flexibility index (Phi) is 6.92. The van der Waals surface area contributed by atoms with Crippen molar-refractivity contribution in [3.05, 3.63) is 29.8 Å². The van der Waals surface area contributed by atoms with Gasteiger partial charge in [-0.05, 0) is 56.9 Å².